The molecule has 3 rings (SSSR count). The molecule has 0 radical (unpaired) electrons. The van der Waals surface area contributed by atoms with Gasteiger partial charge in [0.1, 0.15) is 22.2 Å². The second kappa shape index (κ2) is 7.58. The van der Waals surface area contributed by atoms with Gasteiger partial charge in [-0.1, -0.05) is 36.4 Å². The lowest BCUT2D eigenvalue weighted by Crippen LogP contribution is -2.08. The highest BCUT2D eigenvalue weighted by Crippen LogP contribution is 2.28. The minimum atomic E-state index is -3.36. The third kappa shape index (κ3) is 4.21. The first-order valence-electron chi connectivity index (χ1n) is 8.15. The number of pyridine rings is 1. The average Bonchev–Trinajstić information content (AvgIpc) is 2.62. The Morgan fingerprint density at radius 2 is 1.65 bits per heavy atom. The Bertz CT molecular complexity index is 1020. The highest BCUT2D eigenvalue weighted by atomic mass is 32.2. The minimum absolute atomic E-state index is 0.178. The van der Waals surface area contributed by atoms with Crippen LogP contribution in [0.2, 0.25) is 0 Å². The second-order valence-electron chi connectivity index (χ2n) is 5.95. The third-order valence-corrected chi connectivity index (χ3v) is 5.03. The van der Waals surface area contributed by atoms with Crippen molar-refractivity contribution in [3.8, 4) is 11.5 Å². The number of aromatic nitrogens is 1. The fourth-order valence-electron chi connectivity index (χ4n) is 2.54. The number of nitrogens with one attached hydrogen (secondary N) is 1. The van der Waals surface area contributed by atoms with Gasteiger partial charge in [-0.15, -0.1) is 0 Å². The summed E-state index contributed by atoms with van der Waals surface area (Å²) in [6.45, 7) is 2.38. The van der Waals surface area contributed by atoms with Crippen LogP contribution in [-0.2, 0) is 16.4 Å². The highest BCUT2D eigenvalue weighted by Gasteiger charge is 2.14. The molecule has 0 aliphatic heterocycles. The zero-order valence-corrected chi connectivity index (χ0v) is 15.5. The zero-order valence-electron chi connectivity index (χ0n) is 14.6. The van der Waals surface area contributed by atoms with Gasteiger partial charge < -0.3 is 10.1 Å². The molecule has 0 saturated carbocycles. The molecule has 0 fully saturated rings. The molecule has 1 aromatic heterocycles. The standard InChI is InChI=1S/C20H20N2O3S/c1-15-8-3-5-10-17(15)25-18-11-6-4-9-16(18)14-22-20-19(26(2,23)24)12-7-13-21-20/h3-13H,14H2,1-2H3,(H,21,22). The van der Waals surface area contributed by atoms with Crippen LogP contribution in [0.15, 0.2) is 71.8 Å². The Morgan fingerprint density at radius 3 is 2.38 bits per heavy atom. The number of ether oxygens (including phenoxy) is 1. The van der Waals surface area contributed by atoms with Gasteiger partial charge in [0.05, 0.1) is 0 Å². The largest absolute Gasteiger partial charge is 0.457 e. The number of rotatable bonds is 6. The summed E-state index contributed by atoms with van der Waals surface area (Å²) in [5.74, 6) is 1.83. The topological polar surface area (TPSA) is 68.3 Å². The van der Waals surface area contributed by atoms with Gasteiger partial charge in [0.2, 0.25) is 0 Å². The smallest absolute Gasteiger partial charge is 0.179 e. The maximum Gasteiger partial charge on any atom is 0.179 e. The Kier molecular flexibility index (Phi) is 5.23. The van der Waals surface area contributed by atoms with E-state index in [0.29, 0.717) is 18.1 Å². The molecule has 5 nitrogen and oxygen atoms in total. The van der Waals surface area contributed by atoms with Crippen molar-refractivity contribution >= 4 is 15.7 Å². The molecule has 0 spiro atoms. The fourth-order valence-corrected chi connectivity index (χ4v) is 3.34. The maximum absolute atomic E-state index is 11.9. The van der Waals surface area contributed by atoms with Crippen LogP contribution in [0.4, 0.5) is 5.82 Å². The van der Waals surface area contributed by atoms with Crippen LogP contribution in [0.1, 0.15) is 11.1 Å². The van der Waals surface area contributed by atoms with Crippen LogP contribution in [0.5, 0.6) is 11.5 Å². The van der Waals surface area contributed by atoms with E-state index in [9.17, 15) is 8.42 Å². The molecule has 0 unspecified atom stereocenters. The molecule has 0 aliphatic rings. The van der Waals surface area contributed by atoms with Crippen molar-refractivity contribution in [2.24, 2.45) is 0 Å². The first-order chi connectivity index (χ1) is 12.4. The molecular formula is C20H20N2O3S. The molecule has 3 aromatic rings. The first kappa shape index (κ1) is 17.9. The van der Waals surface area contributed by atoms with Crippen molar-refractivity contribution in [3.05, 3.63) is 78.0 Å². The quantitative estimate of drug-likeness (QED) is 0.706. The van der Waals surface area contributed by atoms with E-state index in [4.69, 9.17) is 4.74 Å². The lowest BCUT2D eigenvalue weighted by molar-refractivity contribution is 0.473. The second-order valence-corrected chi connectivity index (χ2v) is 7.94. The summed E-state index contributed by atoms with van der Waals surface area (Å²) in [4.78, 5) is 4.33. The summed E-state index contributed by atoms with van der Waals surface area (Å²) >= 11 is 0. The van der Waals surface area contributed by atoms with Crippen LogP contribution in [0.25, 0.3) is 0 Å². The zero-order chi connectivity index (χ0) is 18.6. The normalized spacial score (nSPS) is 11.2. The van der Waals surface area contributed by atoms with E-state index in [1.165, 1.54) is 6.26 Å². The molecule has 0 bridgehead atoms. The Morgan fingerprint density at radius 1 is 0.962 bits per heavy atom. The summed E-state index contributed by atoms with van der Waals surface area (Å²) in [5.41, 5.74) is 1.94. The van der Waals surface area contributed by atoms with E-state index in [-0.39, 0.29) is 4.90 Å². The Balaban J connectivity index is 1.83. The SMILES string of the molecule is Cc1ccccc1Oc1ccccc1CNc1ncccc1S(C)(=O)=O. The predicted octanol–water partition coefficient (Wildman–Crippen LogP) is 4.20. The number of benzene rings is 2. The van der Waals surface area contributed by atoms with Crippen molar-refractivity contribution < 1.29 is 13.2 Å². The number of anilines is 1. The molecule has 6 heteroatoms. The average molecular weight is 368 g/mol. The third-order valence-electron chi connectivity index (χ3n) is 3.90. The monoisotopic (exact) mass is 368 g/mol. The van der Waals surface area contributed by atoms with Crippen LogP contribution in [-0.4, -0.2) is 19.7 Å². The van der Waals surface area contributed by atoms with Crippen LogP contribution in [0.3, 0.4) is 0 Å². The number of nitrogens with zero attached hydrogens (tertiary/aromatic N) is 1. The highest BCUT2D eigenvalue weighted by molar-refractivity contribution is 7.90. The Hall–Kier alpha value is -2.86. The lowest BCUT2D eigenvalue weighted by atomic mass is 10.2. The van der Waals surface area contributed by atoms with Gasteiger partial charge >= 0.3 is 0 Å². The Labute approximate surface area is 153 Å². The lowest BCUT2D eigenvalue weighted by Gasteiger charge is -2.14. The van der Waals surface area contributed by atoms with E-state index in [0.717, 1.165) is 16.9 Å². The summed E-state index contributed by atoms with van der Waals surface area (Å²) in [5, 5.41) is 3.11. The molecule has 0 saturated heterocycles. The molecule has 0 atom stereocenters. The van der Waals surface area contributed by atoms with Crippen molar-refractivity contribution in [2.45, 2.75) is 18.4 Å². The van der Waals surface area contributed by atoms with Crippen molar-refractivity contribution in [2.75, 3.05) is 11.6 Å². The molecule has 26 heavy (non-hydrogen) atoms. The first-order valence-corrected chi connectivity index (χ1v) is 10.0. The predicted molar refractivity (Wildman–Crippen MR) is 102 cm³/mol. The summed E-state index contributed by atoms with van der Waals surface area (Å²) in [6.07, 6.45) is 2.73. The van der Waals surface area contributed by atoms with E-state index >= 15 is 0 Å². The summed E-state index contributed by atoms with van der Waals surface area (Å²) in [7, 11) is -3.36. The van der Waals surface area contributed by atoms with Gasteiger partial charge in [-0.2, -0.15) is 0 Å². The van der Waals surface area contributed by atoms with Gasteiger partial charge in [0.25, 0.3) is 0 Å². The van der Waals surface area contributed by atoms with Crippen molar-refractivity contribution in [1.29, 1.82) is 0 Å². The van der Waals surface area contributed by atoms with E-state index < -0.39 is 9.84 Å². The van der Waals surface area contributed by atoms with Crippen molar-refractivity contribution in [1.82, 2.24) is 4.98 Å². The molecule has 0 amide bonds. The van der Waals surface area contributed by atoms with Gasteiger partial charge in [0.15, 0.2) is 9.84 Å². The van der Waals surface area contributed by atoms with Gasteiger partial charge in [-0.25, -0.2) is 13.4 Å². The van der Waals surface area contributed by atoms with Crippen molar-refractivity contribution in [3.63, 3.8) is 0 Å². The fraction of sp³-hybridized carbons (Fsp3) is 0.150. The van der Waals surface area contributed by atoms with Crippen LogP contribution >= 0.6 is 0 Å². The van der Waals surface area contributed by atoms with E-state index in [1.807, 2.05) is 55.5 Å². The molecule has 2 aromatic carbocycles. The number of hydrogen-bond acceptors (Lipinski definition) is 5. The minimum Gasteiger partial charge on any atom is -0.457 e. The summed E-state index contributed by atoms with van der Waals surface area (Å²) < 4.78 is 29.9. The summed E-state index contributed by atoms with van der Waals surface area (Å²) in [6, 6.07) is 18.6. The number of sulfone groups is 1. The van der Waals surface area contributed by atoms with Gasteiger partial charge in [-0.05, 0) is 36.8 Å². The van der Waals surface area contributed by atoms with Crippen LogP contribution in [0, 0.1) is 6.92 Å². The number of hydrogen-bond donors (Lipinski definition) is 1. The molecule has 1 heterocycles. The molecule has 134 valence electrons. The van der Waals surface area contributed by atoms with Crippen LogP contribution < -0.4 is 10.1 Å². The van der Waals surface area contributed by atoms with E-state index in [1.54, 1.807) is 18.3 Å². The molecular weight excluding hydrogens is 348 g/mol. The molecule has 0 aliphatic carbocycles. The number of aryl methyl sites for hydroxylation is 1. The van der Waals surface area contributed by atoms with Gasteiger partial charge in [0, 0.05) is 24.6 Å². The van der Waals surface area contributed by atoms with Gasteiger partial charge in [-0.3, -0.25) is 0 Å². The molecule has 1 N–H and O–H groups in total. The van der Waals surface area contributed by atoms with E-state index in [2.05, 4.69) is 10.3 Å². The number of para-hydroxylation sites is 2. The maximum atomic E-state index is 11.9.